The van der Waals surface area contributed by atoms with Gasteiger partial charge in [-0.1, -0.05) is 26.8 Å². The summed E-state index contributed by atoms with van der Waals surface area (Å²) < 4.78 is 0.150. The van der Waals surface area contributed by atoms with Gasteiger partial charge in [-0.05, 0) is 48.6 Å². The number of benzene rings is 1. The smallest absolute Gasteiger partial charge is 0.222 e. The van der Waals surface area contributed by atoms with Gasteiger partial charge in [0.05, 0.1) is 0 Å². The lowest BCUT2D eigenvalue weighted by Gasteiger charge is -2.33. The van der Waals surface area contributed by atoms with Crippen LogP contribution < -0.4 is 0 Å². The molecule has 0 aromatic heterocycles. The summed E-state index contributed by atoms with van der Waals surface area (Å²) in [6.07, 6.45) is 1.03. The van der Waals surface area contributed by atoms with E-state index in [2.05, 4.69) is 51.8 Å². The Hall–Kier alpha value is -0.420. The molecule has 0 saturated carbocycles. The molecule has 2 rings (SSSR count). The van der Waals surface area contributed by atoms with Crippen LogP contribution in [0.25, 0.3) is 0 Å². The molecule has 3 heteroatoms. The maximum Gasteiger partial charge on any atom is 0.222 e. The van der Waals surface area contributed by atoms with Crippen LogP contribution in [-0.2, 0) is 18.4 Å². The summed E-state index contributed by atoms with van der Waals surface area (Å²) in [6.45, 7) is 9.74. The Morgan fingerprint density at radius 2 is 1.95 bits per heavy atom. The Morgan fingerprint density at radius 1 is 1.32 bits per heavy atom. The highest BCUT2D eigenvalue weighted by molar-refractivity contribution is 14.1. The molecule has 1 aromatic rings. The molecule has 1 aliphatic rings. The van der Waals surface area contributed by atoms with Crippen LogP contribution >= 0.6 is 22.6 Å². The van der Waals surface area contributed by atoms with E-state index in [0.29, 0.717) is 6.04 Å². The first-order chi connectivity index (χ1) is 8.70. The van der Waals surface area contributed by atoms with Gasteiger partial charge in [0.25, 0.3) is 0 Å². The summed E-state index contributed by atoms with van der Waals surface area (Å²) in [5, 5.41) is 0. The van der Waals surface area contributed by atoms with Crippen molar-refractivity contribution in [2.75, 3.05) is 7.05 Å². The average molecular weight is 371 g/mol. The lowest BCUT2D eigenvalue weighted by atomic mass is 9.80. The Morgan fingerprint density at radius 3 is 2.47 bits per heavy atom. The van der Waals surface area contributed by atoms with Crippen LogP contribution in [-0.4, -0.2) is 21.8 Å². The molecule has 19 heavy (non-hydrogen) atoms. The van der Waals surface area contributed by atoms with E-state index in [1.165, 1.54) is 16.7 Å². The zero-order valence-electron chi connectivity index (χ0n) is 12.4. The summed E-state index contributed by atoms with van der Waals surface area (Å²) in [6, 6.07) is 4.93. The van der Waals surface area contributed by atoms with Gasteiger partial charge >= 0.3 is 0 Å². The summed E-state index contributed by atoms with van der Waals surface area (Å²) in [5.74, 6) is 0. The molecule has 104 valence electrons. The Labute approximate surface area is 129 Å². The highest BCUT2D eigenvalue weighted by Crippen LogP contribution is 2.33. The van der Waals surface area contributed by atoms with Crippen LogP contribution in [0, 0.1) is 0 Å². The minimum Gasteiger partial charge on any atom is -0.299 e. The molecule has 0 unspecified atom stereocenters. The van der Waals surface area contributed by atoms with E-state index in [9.17, 15) is 4.79 Å². The van der Waals surface area contributed by atoms with E-state index < -0.39 is 0 Å². The Bertz CT molecular complexity index is 516. The molecule has 0 spiro atoms. The second-order valence-electron chi connectivity index (χ2n) is 6.66. The van der Waals surface area contributed by atoms with Crippen molar-refractivity contribution in [2.24, 2.45) is 0 Å². The zero-order valence-corrected chi connectivity index (χ0v) is 14.5. The van der Waals surface area contributed by atoms with Crippen molar-refractivity contribution in [1.29, 1.82) is 0 Å². The first kappa shape index (κ1) is 15.0. The highest BCUT2D eigenvalue weighted by atomic mass is 127. The van der Waals surface area contributed by atoms with E-state index in [-0.39, 0.29) is 9.20 Å². The normalized spacial score (nSPS) is 20.2. The van der Waals surface area contributed by atoms with Crippen molar-refractivity contribution in [2.45, 2.75) is 52.1 Å². The van der Waals surface area contributed by atoms with E-state index >= 15 is 0 Å². The Balaban J connectivity index is 2.58. The van der Waals surface area contributed by atoms with Gasteiger partial charge in [-0.3, -0.25) is 9.69 Å². The number of halogens is 1. The number of rotatable bonds is 1. The predicted molar refractivity (Wildman–Crippen MR) is 88.1 cm³/mol. The second-order valence-corrected chi connectivity index (χ2v) is 7.64. The topological polar surface area (TPSA) is 20.3 Å². The monoisotopic (exact) mass is 371 g/mol. The second kappa shape index (κ2) is 5.17. The molecule has 2 nitrogen and oxygen atoms in total. The molecule has 0 radical (unpaired) electrons. The minimum absolute atomic E-state index is 0.00678. The maximum atomic E-state index is 11.9. The summed E-state index contributed by atoms with van der Waals surface area (Å²) >= 11 is 1.91. The average Bonchev–Trinajstić information content (AvgIpc) is 2.27. The first-order valence-corrected chi connectivity index (χ1v) is 7.84. The molecule has 1 heterocycles. The largest absolute Gasteiger partial charge is 0.299 e. The number of nitrogens with zero attached hydrogens (tertiary/aromatic N) is 1. The summed E-state index contributed by atoms with van der Waals surface area (Å²) in [7, 11) is 2.17. The van der Waals surface area contributed by atoms with Gasteiger partial charge in [0.1, 0.15) is 0 Å². The molecule has 1 aliphatic heterocycles. The molecule has 0 N–H and O–H groups in total. The quantitative estimate of drug-likeness (QED) is 0.551. The number of fused-ring (bicyclic) bond motifs is 1. The number of carbonyl (C=O) groups excluding carboxylic acids is 1. The Kier molecular flexibility index (Phi) is 4.07. The lowest BCUT2D eigenvalue weighted by molar-refractivity contribution is 0.110. The van der Waals surface area contributed by atoms with Crippen LogP contribution in [0.5, 0.6) is 0 Å². The maximum absolute atomic E-state index is 11.9. The SMILES string of the molecule is C[C@@H]1Cc2cc(C(=O)I)c(C(C)(C)C)cc2CN1C. The van der Waals surface area contributed by atoms with E-state index in [1.807, 2.05) is 22.6 Å². The number of hydrogen-bond acceptors (Lipinski definition) is 2. The van der Waals surface area contributed by atoms with Crippen molar-refractivity contribution in [3.05, 3.63) is 34.4 Å². The van der Waals surface area contributed by atoms with Gasteiger partial charge in [-0.2, -0.15) is 0 Å². The van der Waals surface area contributed by atoms with Gasteiger partial charge in [-0.15, -0.1) is 0 Å². The summed E-state index contributed by atoms with van der Waals surface area (Å²) in [4.78, 5) is 14.3. The van der Waals surface area contributed by atoms with Gasteiger partial charge < -0.3 is 0 Å². The van der Waals surface area contributed by atoms with E-state index in [0.717, 1.165) is 18.5 Å². The van der Waals surface area contributed by atoms with Gasteiger partial charge in [0.15, 0.2) is 0 Å². The molecule has 0 aliphatic carbocycles. The van der Waals surface area contributed by atoms with Crippen LogP contribution in [0.3, 0.4) is 0 Å². The molecule has 0 saturated heterocycles. The van der Waals surface area contributed by atoms with Gasteiger partial charge in [0, 0.05) is 40.7 Å². The predicted octanol–water partition coefficient (Wildman–Crippen LogP) is 3.94. The van der Waals surface area contributed by atoms with Crippen LogP contribution in [0.15, 0.2) is 12.1 Å². The number of hydrogen-bond donors (Lipinski definition) is 0. The van der Waals surface area contributed by atoms with Gasteiger partial charge in [-0.25, -0.2) is 0 Å². The molecule has 0 fully saturated rings. The van der Waals surface area contributed by atoms with Crippen LogP contribution in [0.4, 0.5) is 0 Å². The van der Waals surface area contributed by atoms with E-state index in [1.54, 1.807) is 0 Å². The van der Waals surface area contributed by atoms with Crippen molar-refractivity contribution in [3.63, 3.8) is 0 Å². The summed E-state index contributed by atoms with van der Waals surface area (Å²) in [5.41, 5.74) is 4.80. The van der Waals surface area contributed by atoms with Crippen molar-refractivity contribution >= 4 is 26.4 Å². The highest BCUT2D eigenvalue weighted by Gasteiger charge is 2.26. The fraction of sp³-hybridized carbons (Fsp3) is 0.562. The third kappa shape index (κ3) is 3.02. The zero-order chi connectivity index (χ0) is 14.4. The van der Waals surface area contributed by atoms with E-state index in [4.69, 9.17) is 0 Å². The number of likely N-dealkylation sites (N-methyl/N-ethyl adjacent to an activating group) is 1. The molecule has 0 bridgehead atoms. The molecule has 1 aromatic carbocycles. The standard InChI is InChI=1S/C16H22INO/c1-10-6-11-7-13(15(17)19)14(16(2,3)4)8-12(11)9-18(10)5/h7-8,10H,6,9H2,1-5H3/t10-/m1/s1. The fourth-order valence-corrected chi connectivity index (χ4v) is 3.15. The molecular weight excluding hydrogens is 349 g/mol. The third-order valence-electron chi connectivity index (χ3n) is 4.05. The lowest BCUT2D eigenvalue weighted by Crippen LogP contribution is -2.35. The van der Waals surface area contributed by atoms with Crippen LogP contribution in [0.2, 0.25) is 0 Å². The number of carbonyl (C=O) groups is 1. The van der Waals surface area contributed by atoms with Crippen molar-refractivity contribution in [3.8, 4) is 0 Å². The first-order valence-electron chi connectivity index (χ1n) is 6.76. The molecule has 0 amide bonds. The molecule has 1 atom stereocenters. The third-order valence-corrected chi connectivity index (χ3v) is 4.63. The van der Waals surface area contributed by atoms with Crippen LogP contribution in [0.1, 0.15) is 54.7 Å². The van der Waals surface area contributed by atoms with Crippen molar-refractivity contribution < 1.29 is 4.79 Å². The molecular formula is C16H22INO. The minimum atomic E-state index is 0.00678. The van der Waals surface area contributed by atoms with Gasteiger partial charge in [0.2, 0.25) is 3.79 Å². The van der Waals surface area contributed by atoms with Crippen molar-refractivity contribution in [1.82, 2.24) is 4.90 Å². The fourth-order valence-electron chi connectivity index (χ4n) is 2.71.